The molecule has 6 heteroatoms. The van der Waals surface area contributed by atoms with Gasteiger partial charge in [-0.2, -0.15) is 0 Å². The van der Waals surface area contributed by atoms with E-state index >= 15 is 0 Å². The number of hydrogen-bond acceptors (Lipinski definition) is 4. The highest BCUT2D eigenvalue weighted by atomic mass is 16.5. The fraction of sp³-hybridized carbons (Fsp3) is 0.188. The average Bonchev–Trinajstić information content (AvgIpc) is 2.54. The van der Waals surface area contributed by atoms with Crippen molar-refractivity contribution in [1.82, 2.24) is 5.32 Å². The third-order valence-electron chi connectivity index (χ3n) is 3.16. The predicted molar refractivity (Wildman–Crippen MR) is 85.0 cm³/mol. The van der Waals surface area contributed by atoms with Crippen molar-refractivity contribution in [2.45, 2.75) is 13.5 Å². The van der Waals surface area contributed by atoms with Gasteiger partial charge in [0.1, 0.15) is 5.75 Å². The molecule has 0 saturated carbocycles. The van der Waals surface area contributed by atoms with Gasteiger partial charge < -0.3 is 20.1 Å². The summed E-state index contributed by atoms with van der Waals surface area (Å²) in [6, 6.07) is 13.8. The van der Waals surface area contributed by atoms with E-state index in [9.17, 15) is 4.79 Å². The lowest BCUT2D eigenvalue weighted by atomic mass is 9.80. The molecular formula is C16H18BNO4. The fourth-order valence-electron chi connectivity index (χ4n) is 2.02. The number of para-hydroxylation sites is 1. The molecule has 3 N–H and O–H groups in total. The van der Waals surface area contributed by atoms with Crippen molar-refractivity contribution < 1.29 is 19.6 Å². The molecule has 0 aliphatic heterocycles. The summed E-state index contributed by atoms with van der Waals surface area (Å²) >= 11 is 0. The minimum absolute atomic E-state index is 0.213. The van der Waals surface area contributed by atoms with Gasteiger partial charge in [0.2, 0.25) is 0 Å². The van der Waals surface area contributed by atoms with Crippen LogP contribution in [0.4, 0.5) is 0 Å². The molecule has 2 rings (SSSR count). The van der Waals surface area contributed by atoms with Crippen molar-refractivity contribution in [3.05, 3.63) is 59.7 Å². The standard InChI is InChI=1S/C16H18BNO4/c1-2-22-15-6-4-3-5-14(15)16(19)18-11-12-7-9-13(10-8-12)17(20)21/h3-10,20-21H,2,11H2,1H3,(H,18,19). The summed E-state index contributed by atoms with van der Waals surface area (Å²) in [4.78, 5) is 12.2. The summed E-state index contributed by atoms with van der Waals surface area (Å²) in [5, 5.41) is 20.9. The molecule has 0 unspecified atom stereocenters. The van der Waals surface area contributed by atoms with Crippen LogP contribution in [0.15, 0.2) is 48.5 Å². The molecule has 0 aromatic heterocycles. The average molecular weight is 299 g/mol. The van der Waals surface area contributed by atoms with E-state index in [1.807, 2.05) is 13.0 Å². The van der Waals surface area contributed by atoms with E-state index in [-0.39, 0.29) is 5.91 Å². The highest BCUT2D eigenvalue weighted by Gasteiger charge is 2.12. The van der Waals surface area contributed by atoms with Gasteiger partial charge in [0.25, 0.3) is 5.91 Å². The zero-order valence-electron chi connectivity index (χ0n) is 12.3. The van der Waals surface area contributed by atoms with Crippen LogP contribution in [-0.2, 0) is 6.54 Å². The van der Waals surface area contributed by atoms with Gasteiger partial charge in [-0.25, -0.2) is 0 Å². The molecule has 22 heavy (non-hydrogen) atoms. The van der Waals surface area contributed by atoms with Gasteiger partial charge in [-0.3, -0.25) is 4.79 Å². The van der Waals surface area contributed by atoms with Crippen molar-refractivity contribution >= 4 is 18.5 Å². The van der Waals surface area contributed by atoms with Crippen LogP contribution >= 0.6 is 0 Å². The maximum absolute atomic E-state index is 12.2. The first kappa shape index (κ1) is 16.1. The second-order valence-electron chi connectivity index (χ2n) is 4.73. The molecule has 0 saturated heterocycles. The third-order valence-corrected chi connectivity index (χ3v) is 3.16. The van der Waals surface area contributed by atoms with E-state index in [4.69, 9.17) is 14.8 Å². The lowest BCUT2D eigenvalue weighted by Crippen LogP contribution is -2.30. The van der Waals surface area contributed by atoms with Gasteiger partial charge in [-0.05, 0) is 30.1 Å². The molecule has 5 nitrogen and oxygen atoms in total. The molecule has 2 aromatic rings. The SMILES string of the molecule is CCOc1ccccc1C(=O)NCc1ccc(B(O)O)cc1. The summed E-state index contributed by atoms with van der Waals surface area (Å²) in [6.45, 7) is 2.71. The van der Waals surface area contributed by atoms with E-state index in [0.29, 0.717) is 29.9 Å². The lowest BCUT2D eigenvalue weighted by Gasteiger charge is -2.10. The van der Waals surface area contributed by atoms with Crippen molar-refractivity contribution in [2.75, 3.05) is 6.61 Å². The van der Waals surface area contributed by atoms with Crippen LogP contribution in [0, 0.1) is 0 Å². The van der Waals surface area contributed by atoms with Crippen LogP contribution in [0.3, 0.4) is 0 Å². The Balaban J connectivity index is 2.01. The van der Waals surface area contributed by atoms with Crippen molar-refractivity contribution in [2.24, 2.45) is 0 Å². The molecule has 0 spiro atoms. The monoisotopic (exact) mass is 299 g/mol. The fourth-order valence-corrected chi connectivity index (χ4v) is 2.02. The van der Waals surface area contributed by atoms with Crippen molar-refractivity contribution in [3.8, 4) is 5.75 Å². The van der Waals surface area contributed by atoms with Gasteiger partial charge >= 0.3 is 7.12 Å². The van der Waals surface area contributed by atoms with Crippen LogP contribution in [-0.4, -0.2) is 29.7 Å². The molecule has 0 aliphatic rings. The second kappa shape index (κ2) is 7.63. The zero-order valence-corrected chi connectivity index (χ0v) is 12.3. The number of carbonyl (C=O) groups excluding carboxylic acids is 1. The second-order valence-corrected chi connectivity index (χ2v) is 4.73. The molecule has 0 fully saturated rings. The molecule has 1 amide bonds. The first-order valence-electron chi connectivity index (χ1n) is 7.06. The third kappa shape index (κ3) is 4.10. The van der Waals surface area contributed by atoms with Crippen molar-refractivity contribution in [3.63, 3.8) is 0 Å². The first-order valence-corrected chi connectivity index (χ1v) is 7.06. The maximum atomic E-state index is 12.2. The van der Waals surface area contributed by atoms with Crippen LogP contribution in [0.5, 0.6) is 5.75 Å². The highest BCUT2D eigenvalue weighted by molar-refractivity contribution is 6.58. The topological polar surface area (TPSA) is 78.8 Å². The number of rotatable bonds is 6. The lowest BCUT2D eigenvalue weighted by molar-refractivity contribution is 0.0947. The first-order chi connectivity index (χ1) is 10.6. The number of hydrogen-bond donors (Lipinski definition) is 3. The molecule has 0 radical (unpaired) electrons. The molecule has 114 valence electrons. The summed E-state index contributed by atoms with van der Waals surface area (Å²) in [5.74, 6) is 0.344. The Hall–Kier alpha value is -2.31. The van der Waals surface area contributed by atoms with Gasteiger partial charge in [-0.15, -0.1) is 0 Å². The van der Waals surface area contributed by atoms with Crippen LogP contribution in [0.2, 0.25) is 0 Å². The Morgan fingerprint density at radius 2 is 1.82 bits per heavy atom. The minimum atomic E-state index is -1.48. The van der Waals surface area contributed by atoms with Crippen molar-refractivity contribution in [1.29, 1.82) is 0 Å². The molecule has 0 bridgehead atoms. The predicted octanol–water partition coefficient (Wildman–Crippen LogP) is 0.695. The smallest absolute Gasteiger partial charge is 0.488 e. The summed E-state index contributed by atoms with van der Waals surface area (Å²) in [6.07, 6.45) is 0. The summed E-state index contributed by atoms with van der Waals surface area (Å²) in [5.41, 5.74) is 1.77. The van der Waals surface area contributed by atoms with Crippen LogP contribution in [0.25, 0.3) is 0 Å². The quantitative estimate of drug-likeness (QED) is 0.686. The Kier molecular flexibility index (Phi) is 5.58. The molecule has 0 aliphatic carbocycles. The molecule has 0 atom stereocenters. The Morgan fingerprint density at radius 1 is 1.14 bits per heavy atom. The minimum Gasteiger partial charge on any atom is -0.493 e. The summed E-state index contributed by atoms with van der Waals surface area (Å²) in [7, 11) is -1.48. The molecule has 2 aromatic carbocycles. The zero-order chi connectivity index (χ0) is 15.9. The highest BCUT2D eigenvalue weighted by Crippen LogP contribution is 2.17. The Bertz CT molecular complexity index is 628. The number of benzene rings is 2. The van der Waals surface area contributed by atoms with E-state index < -0.39 is 7.12 Å². The maximum Gasteiger partial charge on any atom is 0.488 e. The largest absolute Gasteiger partial charge is 0.493 e. The summed E-state index contributed by atoms with van der Waals surface area (Å²) < 4.78 is 5.44. The van der Waals surface area contributed by atoms with E-state index in [1.54, 1.807) is 42.5 Å². The Labute approximate surface area is 129 Å². The van der Waals surface area contributed by atoms with E-state index in [1.165, 1.54) is 0 Å². The number of ether oxygens (including phenoxy) is 1. The number of amides is 1. The Morgan fingerprint density at radius 3 is 2.45 bits per heavy atom. The van der Waals surface area contributed by atoms with Gasteiger partial charge in [0, 0.05) is 6.54 Å². The van der Waals surface area contributed by atoms with Crippen LogP contribution in [0.1, 0.15) is 22.8 Å². The van der Waals surface area contributed by atoms with Gasteiger partial charge in [-0.1, -0.05) is 36.4 Å². The number of carbonyl (C=O) groups is 1. The number of nitrogens with one attached hydrogen (secondary N) is 1. The molecule has 0 heterocycles. The van der Waals surface area contributed by atoms with E-state index in [2.05, 4.69) is 5.32 Å². The van der Waals surface area contributed by atoms with Gasteiger partial charge in [0.15, 0.2) is 0 Å². The van der Waals surface area contributed by atoms with E-state index in [0.717, 1.165) is 5.56 Å². The van der Waals surface area contributed by atoms with Gasteiger partial charge in [0.05, 0.1) is 12.2 Å². The molecular weight excluding hydrogens is 281 g/mol. The normalized spacial score (nSPS) is 10.1. The van der Waals surface area contributed by atoms with Crippen LogP contribution < -0.4 is 15.5 Å².